The minimum absolute atomic E-state index is 0.0903. The monoisotopic (exact) mass is 401 g/mol. The van der Waals surface area contributed by atoms with Crippen molar-refractivity contribution in [2.75, 3.05) is 5.32 Å². The van der Waals surface area contributed by atoms with Gasteiger partial charge in [-0.3, -0.25) is 14.2 Å². The summed E-state index contributed by atoms with van der Waals surface area (Å²) in [6.07, 6.45) is 4.46. The van der Waals surface area contributed by atoms with E-state index >= 15 is 0 Å². The Bertz CT molecular complexity index is 1100. The van der Waals surface area contributed by atoms with Gasteiger partial charge in [0.25, 0.3) is 5.56 Å². The zero-order valence-electron chi connectivity index (χ0n) is 15.2. The Kier molecular flexibility index (Phi) is 4.78. The molecule has 0 fully saturated rings. The van der Waals surface area contributed by atoms with E-state index in [-0.39, 0.29) is 18.0 Å². The summed E-state index contributed by atoms with van der Waals surface area (Å²) in [6.45, 7) is 4.08. The molecule has 1 aliphatic carbocycles. The van der Waals surface area contributed by atoms with Gasteiger partial charge in [-0.05, 0) is 55.4 Å². The van der Waals surface area contributed by atoms with Crippen LogP contribution in [0.25, 0.3) is 10.2 Å². The summed E-state index contributed by atoms with van der Waals surface area (Å²) in [4.78, 5) is 31.9. The fourth-order valence-electron chi connectivity index (χ4n) is 3.54. The van der Waals surface area contributed by atoms with Crippen LogP contribution < -0.4 is 10.9 Å². The largest absolute Gasteiger partial charge is 0.323 e. The van der Waals surface area contributed by atoms with E-state index in [0.717, 1.165) is 35.2 Å². The highest BCUT2D eigenvalue weighted by Crippen LogP contribution is 2.35. The molecule has 27 heavy (non-hydrogen) atoms. The molecule has 0 unspecified atom stereocenters. The van der Waals surface area contributed by atoms with Gasteiger partial charge in [0, 0.05) is 4.88 Å². The molecule has 3 aromatic rings. The smallest absolute Gasteiger partial charge is 0.262 e. The van der Waals surface area contributed by atoms with Crippen LogP contribution in [0.2, 0.25) is 5.02 Å². The van der Waals surface area contributed by atoms with Gasteiger partial charge in [-0.1, -0.05) is 24.6 Å². The predicted molar refractivity (Wildman–Crippen MR) is 110 cm³/mol. The van der Waals surface area contributed by atoms with Crippen LogP contribution in [0.1, 0.15) is 29.3 Å². The fourth-order valence-corrected chi connectivity index (χ4v) is 5.17. The molecule has 2 heterocycles. The maximum atomic E-state index is 13.0. The third-order valence-corrected chi connectivity index (χ3v) is 6.47. The van der Waals surface area contributed by atoms with Crippen molar-refractivity contribution >= 4 is 44.7 Å². The van der Waals surface area contributed by atoms with Crippen LogP contribution in [0.5, 0.6) is 0 Å². The van der Waals surface area contributed by atoms with Crippen molar-refractivity contribution in [2.45, 2.75) is 39.7 Å². The molecular formula is C20H20ClN3O2S. The first-order chi connectivity index (χ1) is 12.9. The van der Waals surface area contributed by atoms with Crippen LogP contribution in [0.15, 0.2) is 29.3 Å². The summed E-state index contributed by atoms with van der Waals surface area (Å²) in [5.41, 5.74) is 2.54. The number of halogens is 1. The Morgan fingerprint density at radius 3 is 3.04 bits per heavy atom. The molecule has 0 bridgehead atoms. The number of aromatic nitrogens is 2. The summed E-state index contributed by atoms with van der Waals surface area (Å²) < 4.78 is 1.38. The molecule has 140 valence electrons. The fraction of sp³-hybridized carbons (Fsp3) is 0.350. The minimum Gasteiger partial charge on any atom is -0.323 e. The van der Waals surface area contributed by atoms with Crippen molar-refractivity contribution in [3.63, 3.8) is 0 Å². The van der Waals surface area contributed by atoms with Gasteiger partial charge < -0.3 is 5.32 Å². The van der Waals surface area contributed by atoms with Crippen molar-refractivity contribution in [2.24, 2.45) is 5.92 Å². The molecule has 5 nitrogen and oxygen atoms in total. The van der Waals surface area contributed by atoms with Crippen molar-refractivity contribution in [1.82, 2.24) is 9.55 Å². The van der Waals surface area contributed by atoms with Crippen LogP contribution >= 0.6 is 22.9 Å². The lowest BCUT2D eigenvalue weighted by atomic mass is 9.89. The zero-order chi connectivity index (χ0) is 19.1. The van der Waals surface area contributed by atoms with E-state index in [1.54, 1.807) is 23.5 Å². The van der Waals surface area contributed by atoms with Gasteiger partial charge in [-0.25, -0.2) is 4.98 Å². The molecule has 1 aliphatic rings. The number of carbonyl (C=O) groups excluding carboxylic acids is 1. The second-order valence-corrected chi connectivity index (χ2v) is 8.73. The second-order valence-electron chi connectivity index (χ2n) is 7.24. The third kappa shape index (κ3) is 3.51. The normalized spacial score (nSPS) is 16.3. The Morgan fingerprint density at radius 1 is 1.44 bits per heavy atom. The topological polar surface area (TPSA) is 64.0 Å². The summed E-state index contributed by atoms with van der Waals surface area (Å²) in [6, 6.07) is 5.42. The van der Waals surface area contributed by atoms with Crippen LogP contribution in [0.3, 0.4) is 0 Å². The van der Waals surface area contributed by atoms with Gasteiger partial charge in [0.2, 0.25) is 5.91 Å². The van der Waals surface area contributed by atoms with Gasteiger partial charge in [-0.2, -0.15) is 0 Å². The van der Waals surface area contributed by atoms with Crippen LogP contribution in [-0.4, -0.2) is 15.5 Å². The quantitative estimate of drug-likeness (QED) is 0.715. The van der Waals surface area contributed by atoms with E-state index < -0.39 is 0 Å². The molecule has 0 radical (unpaired) electrons. The number of nitrogens with one attached hydrogen (secondary N) is 1. The molecule has 7 heteroatoms. The molecule has 0 saturated heterocycles. The highest BCUT2D eigenvalue weighted by Gasteiger charge is 2.23. The standard InChI is InChI=1S/C20H20ClN3O2S/c1-11-4-6-15(14(21)7-11)23-17(25)9-24-10-22-19-18(20(24)26)13-5-3-12(2)8-16(13)27-19/h4,6-7,10,12H,3,5,8-9H2,1-2H3,(H,23,25)/t12-/m1/s1. The predicted octanol–water partition coefficient (Wildman–Crippen LogP) is 4.18. The van der Waals surface area contributed by atoms with Gasteiger partial charge in [0.1, 0.15) is 11.4 Å². The highest BCUT2D eigenvalue weighted by atomic mass is 35.5. The van der Waals surface area contributed by atoms with E-state index in [1.807, 2.05) is 13.0 Å². The first-order valence-corrected chi connectivity index (χ1v) is 10.2. The van der Waals surface area contributed by atoms with E-state index in [0.29, 0.717) is 22.0 Å². The van der Waals surface area contributed by atoms with E-state index in [4.69, 9.17) is 11.6 Å². The van der Waals surface area contributed by atoms with Crippen molar-refractivity contribution < 1.29 is 4.79 Å². The average Bonchev–Trinajstić information content (AvgIpc) is 2.98. The summed E-state index contributed by atoms with van der Waals surface area (Å²) >= 11 is 7.78. The first kappa shape index (κ1) is 18.2. The molecule has 1 amide bonds. The number of thiophene rings is 1. The Morgan fingerprint density at radius 2 is 2.26 bits per heavy atom. The molecule has 1 atom stereocenters. The van der Waals surface area contributed by atoms with Crippen molar-refractivity contribution in [3.8, 4) is 0 Å². The molecular weight excluding hydrogens is 382 g/mol. The molecule has 0 aliphatic heterocycles. The summed E-state index contributed by atoms with van der Waals surface area (Å²) in [5, 5.41) is 3.93. The summed E-state index contributed by atoms with van der Waals surface area (Å²) in [5.74, 6) is 0.333. The number of carbonyl (C=O) groups is 1. The second kappa shape index (κ2) is 7.09. The lowest BCUT2D eigenvalue weighted by Crippen LogP contribution is -2.28. The number of hydrogen-bond acceptors (Lipinski definition) is 4. The Balaban J connectivity index is 1.61. The zero-order valence-corrected chi connectivity index (χ0v) is 16.8. The maximum absolute atomic E-state index is 13.0. The van der Waals surface area contributed by atoms with Gasteiger partial charge in [-0.15, -0.1) is 11.3 Å². The van der Waals surface area contributed by atoms with Crippen LogP contribution in [0, 0.1) is 12.8 Å². The molecule has 1 N–H and O–H groups in total. The molecule has 2 aromatic heterocycles. The third-order valence-electron chi connectivity index (χ3n) is 4.99. The Hall–Kier alpha value is -2.18. The van der Waals surface area contributed by atoms with Gasteiger partial charge in [0.05, 0.1) is 22.4 Å². The highest BCUT2D eigenvalue weighted by molar-refractivity contribution is 7.18. The summed E-state index contributed by atoms with van der Waals surface area (Å²) in [7, 11) is 0. The van der Waals surface area contributed by atoms with Crippen LogP contribution in [-0.2, 0) is 24.2 Å². The number of nitrogens with zero attached hydrogens (tertiary/aromatic N) is 2. The van der Waals surface area contributed by atoms with E-state index in [2.05, 4.69) is 17.2 Å². The number of hydrogen-bond donors (Lipinski definition) is 1. The van der Waals surface area contributed by atoms with Gasteiger partial charge >= 0.3 is 0 Å². The van der Waals surface area contributed by atoms with Crippen LogP contribution in [0.4, 0.5) is 5.69 Å². The van der Waals surface area contributed by atoms with E-state index in [1.165, 1.54) is 15.8 Å². The number of fused-ring (bicyclic) bond motifs is 3. The lowest BCUT2D eigenvalue weighted by Gasteiger charge is -2.17. The Labute approximate surface area is 166 Å². The molecule has 0 spiro atoms. The minimum atomic E-state index is -0.304. The maximum Gasteiger partial charge on any atom is 0.262 e. The van der Waals surface area contributed by atoms with E-state index in [9.17, 15) is 9.59 Å². The number of aryl methyl sites for hydroxylation is 2. The average molecular weight is 402 g/mol. The lowest BCUT2D eigenvalue weighted by molar-refractivity contribution is -0.116. The molecule has 1 aromatic carbocycles. The van der Waals surface area contributed by atoms with Crippen molar-refractivity contribution in [3.05, 3.63) is 55.9 Å². The number of amides is 1. The first-order valence-electron chi connectivity index (χ1n) is 8.98. The van der Waals surface area contributed by atoms with Crippen molar-refractivity contribution in [1.29, 1.82) is 0 Å². The number of benzene rings is 1. The SMILES string of the molecule is Cc1ccc(NC(=O)Cn2cnc3sc4c(c3c2=O)CC[C@@H](C)C4)c(Cl)c1. The number of rotatable bonds is 3. The molecule has 0 saturated carbocycles. The number of anilines is 1. The van der Waals surface area contributed by atoms with Gasteiger partial charge in [0.15, 0.2) is 0 Å². The molecule has 4 rings (SSSR count).